The van der Waals surface area contributed by atoms with Gasteiger partial charge in [0.2, 0.25) is 0 Å². The molecule has 12 heavy (non-hydrogen) atoms. The summed E-state index contributed by atoms with van der Waals surface area (Å²) in [6.07, 6.45) is 4.76. The number of allylic oxidation sites excluding steroid dienone is 4. The van der Waals surface area contributed by atoms with Crippen molar-refractivity contribution in [1.29, 1.82) is 5.41 Å². The Kier molecular flexibility index (Phi) is 5.26. The third kappa shape index (κ3) is 4.83. The molecule has 0 saturated carbocycles. The Labute approximate surface area is 73.5 Å². The normalized spacial score (nSPS) is 13.3. The van der Waals surface area contributed by atoms with Crippen LogP contribution in [0.1, 0.15) is 33.6 Å². The average Bonchev–Trinajstić information content (AvgIpc) is 2.00. The molecule has 1 N–H and O–H groups in total. The van der Waals surface area contributed by atoms with Crippen molar-refractivity contribution in [2.75, 3.05) is 0 Å². The second kappa shape index (κ2) is 5.70. The lowest BCUT2D eigenvalue weighted by Gasteiger charge is -1.99. The maximum atomic E-state index is 12.3. The molecule has 2 heteroatoms. The van der Waals surface area contributed by atoms with Gasteiger partial charge in [-0.15, -0.1) is 0 Å². The summed E-state index contributed by atoms with van der Waals surface area (Å²) in [5.74, 6) is -0.223. The second-order valence-electron chi connectivity index (χ2n) is 2.83. The Morgan fingerprint density at radius 3 is 2.33 bits per heavy atom. The van der Waals surface area contributed by atoms with Gasteiger partial charge in [-0.2, -0.15) is 0 Å². The van der Waals surface area contributed by atoms with Crippen LogP contribution in [-0.4, -0.2) is 5.71 Å². The van der Waals surface area contributed by atoms with E-state index in [2.05, 4.69) is 0 Å². The Balaban J connectivity index is 4.18. The van der Waals surface area contributed by atoms with Crippen LogP contribution in [-0.2, 0) is 0 Å². The van der Waals surface area contributed by atoms with Crippen LogP contribution in [0.3, 0.4) is 0 Å². The van der Waals surface area contributed by atoms with E-state index in [4.69, 9.17) is 5.41 Å². The van der Waals surface area contributed by atoms with Crippen LogP contribution < -0.4 is 0 Å². The summed E-state index contributed by atoms with van der Waals surface area (Å²) in [4.78, 5) is 0. The molecule has 0 aromatic rings. The second-order valence-corrected chi connectivity index (χ2v) is 2.83. The average molecular weight is 169 g/mol. The molecule has 68 valence electrons. The molecule has 1 nitrogen and oxygen atoms in total. The highest BCUT2D eigenvalue weighted by molar-refractivity contribution is 5.97. The lowest BCUT2D eigenvalue weighted by molar-refractivity contribution is 0.640. The van der Waals surface area contributed by atoms with Gasteiger partial charge in [-0.3, -0.25) is 0 Å². The van der Waals surface area contributed by atoms with Gasteiger partial charge < -0.3 is 5.41 Å². The third-order valence-corrected chi connectivity index (χ3v) is 1.54. The van der Waals surface area contributed by atoms with E-state index >= 15 is 0 Å². The van der Waals surface area contributed by atoms with Gasteiger partial charge >= 0.3 is 0 Å². The predicted molar refractivity (Wildman–Crippen MR) is 51.3 cm³/mol. The first-order valence-electron chi connectivity index (χ1n) is 4.16. The Bertz CT molecular complexity index is 210. The summed E-state index contributed by atoms with van der Waals surface area (Å²) in [5.41, 5.74) is 1.43. The molecule has 0 atom stereocenters. The quantitative estimate of drug-likeness (QED) is 0.491. The summed E-state index contributed by atoms with van der Waals surface area (Å²) in [5, 5.41) is 7.52. The summed E-state index contributed by atoms with van der Waals surface area (Å²) >= 11 is 0. The molecule has 0 aliphatic carbocycles. The highest BCUT2D eigenvalue weighted by Gasteiger charge is 1.95. The fraction of sp³-hybridized carbons (Fsp3) is 0.500. The molecule has 0 fully saturated rings. The number of hydrogen-bond donors (Lipinski definition) is 1. The zero-order valence-corrected chi connectivity index (χ0v) is 7.95. The third-order valence-electron chi connectivity index (χ3n) is 1.54. The van der Waals surface area contributed by atoms with E-state index in [-0.39, 0.29) is 5.83 Å². The molecule has 0 aromatic heterocycles. The first-order chi connectivity index (χ1) is 5.57. The monoisotopic (exact) mass is 169 g/mol. The van der Waals surface area contributed by atoms with Gasteiger partial charge in [-0.05, 0) is 31.9 Å². The van der Waals surface area contributed by atoms with Crippen LogP contribution in [0.5, 0.6) is 0 Å². The molecule has 0 aliphatic rings. The predicted octanol–water partition coefficient (Wildman–Crippen LogP) is 3.63. The van der Waals surface area contributed by atoms with E-state index in [0.717, 1.165) is 18.4 Å². The van der Waals surface area contributed by atoms with Gasteiger partial charge in [0.05, 0.1) is 5.83 Å². The maximum Gasteiger partial charge on any atom is 0.0968 e. The first-order valence-corrected chi connectivity index (χ1v) is 4.16. The Morgan fingerprint density at radius 2 is 1.92 bits per heavy atom. The smallest absolute Gasteiger partial charge is 0.0968 e. The largest absolute Gasteiger partial charge is 0.305 e. The Hall–Kier alpha value is -0.920. The van der Waals surface area contributed by atoms with E-state index in [0.29, 0.717) is 5.71 Å². The van der Waals surface area contributed by atoms with E-state index < -0.39 is 0 Å². The fourth-order valence-electron chi connectivity index (χ4n) is 0.788. The molecule has 0 unspecified atom stereocenters. The molecule has 0 amide bonds. The minimum atomic E-state index is -0.223. The summed E-state index contributed by atoms with van der Waals surface area (Å²) < 4.78 is 12.3. The number of rotatable bonds is 4. The number of nitrogens with one attached hydrogen (secondary N) is 1. The van der Waals surface area contributed by atoms with Gasteiger partial charge in [0, 0.05) is 5.71 Å². The molecule has 0 aliphatic heterocycles. The molecule has 0 radical (unpaired) electrons. The minimum Gasteiger partial charge on any atom is -0.305 e. The van der Waals surface area contributed by atoms with Crippen molar-refractivity contribution in [3.63, 3.8) is 0 Å². The molecular formula is C10H16FN. The van der Waals surface area contributed by atoms with Crippen molar-refractivity contribution < 1.29 is 4.39 Å². The first kappa shape index (κ1) is 11.1. The summed E-state index contributed by atoms with van der Waals surface area (Å²) in [6, 6.07) is 0. The summed E-state index contributed by atoms with van der Waals surface area (Å²) in [7, 11) is 0. The lowest BCUT2D eigenvalue weighted by Crippen LogP contribution is -1.96. The summed E-state index contributed by atoms with van der Waals surface area (Å²) in [6.45, 7) is 5.25. The topological polar surface area (TPSA) is 23.9 Å². The van der Waals surface area contributed by atoms with Gasteiger partial charge in [0.1, 0.15) is 0 Å². The fourth-order valence-corrected chi connectivity index (χ4v) is 0.788. The van der Waals surface area contributed by atoms with Crippen molar-refractivity contribution in [3.05, 3.63) is 23.6 Å². The van der Waals surface area contributed by atoms with Crippen LogP contribution in [0.15, 0.2) is 23.6 Å². The minimum absolute atomic E-state index is 0.223. The molecule has 0 saturated heterocycles. The molecule has 0 spiro atoms. The van der Waals surface area contributed by atoms with Crippen LogP contribution in [0.2, 0.25) is 0 Å². The highest BCUT2D eigenvalue weighted by atomic mass is 19.1. The van der Waals surface area contributed by atoms with E-state index in [1.54, 1.807) is 6.08 Å². The molecule has 0 rings (SSSR count). The molecule has 0 heterocycles. The Morgan fingerprint density at radius 1 is 1.33 bits per heavy atom. The van der Waals surface area contributed by atoms with Gasteiger partial charge in [0.25, 0.3) is 0 Å². The van der Waals surface area contributed by atoms with E-state index in [9.17, 15) is 4.39 Å². The lowest BCUT2D eigenvalue weighted by atomic mass is 10.1. The molecular weight excluding hydrogens is 153 g/mol. The van der Waals surface area contributed by atoms with Gasteiger partial charge in [-0.25, -0.2) is 4.39 Å². The maximum absolute atomic E-state index is 12.3. The van der Waals surface area contributed by atoms with Gasteiger partial charge in [-0.1, -0.05) is 19.4 Å². The van der Waals surface area contributed by atoms with Crippen molar-refractivity contribution >= 4 is 5.71 Å². The van der Waals surface area contributed by atoms with Crippen molar-refractivity contribution in [2.24, 2.45) is 0 Å². The van der Waals surface area contributed by atoms with Crippen molar-refractivity contribution in [1.82, 2.24) is 0 Å². The highest BCUT2D eigenvalue weighted by Crippen LogP contribution is 2.03. The van der Waals surface area contributed by atoms with Crippen LogP contribution >= 0.6 is 0 Å². The number of hydrogen-bond acceptors (Lipinski definition) is 1. The van der Waals surface area contributed by atoms with Crippen LogP contribution in [0.25, 0.3) is 0 Å². The standard InChI is InChI=1S/C10H16FN/c1-4-5-10(12)8(2)6-7-9(3)11/h6-7,12H,4-5H2,1-3H3/b8-6-,9-7+,12-10?. The SMILES string of the molecule is CCCC(=N)/C(C)=C\C=C(/C)F. The number of halogens is 1. The molecule has 0 aromatic carbocycles. The zero-order chi connectivity index (χ0) is 9.56. The van der Waals surface area contributed by atoms with E-state index in [1.165, 1.54) is 13.0 Å². The van der Waals surface area contributed by atoms with Crippen molar-refractivity contribution in [3.8, 4) is 0 Å². The van der Waals surface area contributed by atoms with E-state index in [1.807, 2.05) is 13.8 Å². The van der Waals surface area contributed by atoms with Crippen molar-refractivity contribution in [2.45, 2.75) is 33.6 Å². The van der Waals surface area contributed by atoms with Gasteiger partial charge in [0.15, 0.2) is 0 Å². The van der Waals surface area contributed by atoms with Crippen LogP contribution in [0, 0.1) is 5.41 Å². The zero-order valence-electron chi connectivity index (χ0n) is 7.95. The molecule has 0 bridgehead atoms. The van der Waals surface area contributed by atoms with Crippen LogP contribution in [0.4, 0.5) is 4.39 Å².